The molecular weight excluding hydrogens is 478 g/mol. The highest BCUT2D eigenvalue weighted by molar-refractivity contribution is 5.83. The molecule has 36 heavy (non-hydrogen) atoms. The van der Waals surface area contributed by atoms with Crippen molar-refractivity contribution in [3.05, 3.63) is 35.1 Å². The highest BCUT2D eigenvalue weighted by Gasteiger charge is 2.40. The summed E-state index contributed by atoms with van der Waals surface area (Å²) in [6, 6.07) is 1.40. The number of hydrogen-bond donors (Lipinski definition) is 4. The van der Waals surface area contributed by atoms with Crippen molar-refractivity contribution >= 4 is 11.7 Å². The molecule has 7 nitrogen and oxygen atoms in total. The number of aliphatic imine (C=N–C) groups is 1. The second kappa shape index (κ2) is 11.9. The Bertz CT molecular complexity index is 942. The Balaban J connectivity index is 1.47. The van der Waals surface area contributed by atoms with E-state index in [4.69, 9.17) is 4.74 Å². The van der Waals surface area contributed by atoms with E-state index in [9.17, 15) is 22.4 Å². The zero-order chi connectivity index (χ0) is 25.7. The normalized spacial score (nSPS) is 29.0. The monoisotopic (exact) mass is 513 g/mol. The van der Waals surface area contributed by atoms with E-state index in [1.807, 2.05) is 0 Å². The van der Waals surface area contributed by atoms with Gasteiger partial charge in [0, 0.05) is 45.2 Å². The molecule has 5 unspecified atom stereocenters. The van der Waals surface area contributed by atoms with Crippen molar-refractivity contribution in [2.24, 2.45) is 10.9 Å². The number of piperidine rings is 2. The van der Waals surface area contributed by atoms with Gasteiger partial charge in [0.15, 0.2) is 0 Å². The smallest absolute Gasteiger partial charge is 0.381 e. The second-order valence-corrected chi connectivity index (χ2v) is 9.93. The molecule has 1 aromatic carbocycles. The predicted octanol–water partition coefficient (Wildman–Crippen LogP) is 2.92. The molecule has 1 aromatic rings. The standard InChI is InChI=1S/C25H35F4N5O2/c1-36-18-6-8-30-17(12-18)14-33-24(35)22-10-15(13-32-23-3-2-7-31-23)9-21(34-22)19-5-4-16(26)11-20(19)25(27,28)29/h4-5,11,15,17-18,21-22,30,34H,2-3,6-10,12-14H2,1H3,(H,31,32)(H,33,35). The lowest BCUT2D eigenvalue weighted by atomic mass is 9.83. The molecule has 3 aliphatic rings. The van der Waals surface area contributed by atoms with Gasteiger partial charge in [-0.2, -0.15) is 13.2 Å². The van der Waals surface area contributed by atoms with E-state index in [-0.39, 0.29) is 29.5 Å². The van der Waals surface area contributed by atoms with Gasteiger partial charge in [-0.25, -0.2) is 4.39 Å². The Labute approximate surface area is 208 Å². The largest absolute Gasteiger partial charge is 0.416 e. The van der Waals surface area contributed by atoms with Crippen LogP contribution in [0.4, 0.5) is 17.6 Å². The first-order valence-corrected chi connectivity index (χ1v) is 12.7. The van der Waals surface area contributed by atoms with Gasteiger partial charge in [0.2, 0.25) is 5.91 Å². The van der Waals surface area contributed by atoms with Gasteiger partial charge in [0.05, 0.1) is 23.5 Å². The van der Waals surface area contributed by atoms with E-state index in [0.29, 0.717) is 32.0 Å². The van der Waals surface area contributed by atoms with E-state index in [1.54, 1.807) is 7.11 Å². The van der Waals surface area contributed by atoms with E-state index in [1.165, 1.54) is 6.07 Å². The number of amides is 1. The van der Waals surface area contributed by atoms with E-state index < -0.39 is 29.6 Å². The van der Waals surface area contributed by atoms with Gasteiger partial charge >= 0.3 is 6.18 Å². The summed E-state index contributed by atoms with van der Waals surface area (Å²) >= 11 is 0. The minimum absolute atomic E-state index is 0.0403. The fraction of sp³-hybridized carbons (Fsp3) is 0.680. The number of benzene rings is 1. The topological polar surface area (TPSA) is 86.8 Å². The number of ether oxygens (including phenoxy) is 1. The number of amidine groups is 1. The fourth-order valence-corrected chi connectivity index (χ4v) is 5.42. The molecule has 4 rings (SSSR count). The van der Waals surface area contributed by atoms with Gasteiger partial charge in [-0.3, -0.25) is 15.1 Å². The lowest BCUT2D eigenvalue weighted by Gasteiger charge is -2.37. The van der Waals surface area contributed by atoms with Crippen molar-refractivity contribution in [2.45, 2.75) is 68.9 Å². The molecule has 4 N–H and O–H groups in total. The van der Waals surface area contributed by atoms with E-state index in [0.717, 1.165) is 50.7 Å². The Morgan fingerprint density at radius 3 is 2.78 bits per heavy atom. The zero-order valence-corrected chi connectivity index (χ0v) is 20.5. The van der Waals surface area contributed by atoms with Crippen LogP contribution in [0.5, 0.6) is 0 Å². The molecule has 1 amide bonds. The fourth-order valence-electron chi connectivity index (χ4n) is 5.42. The average Bonchev–Trinajstić information content (AvgIpc) is 3.39. The maximum Gasteiger partial charge on any atom is 0.416 e. The van der Waals surface area contributed by atoms with Crippen LogP contribution >= 0.6 is 0 Å². The van der Waals surface area contributed by atoms with Crippen molar-refractivity contribution in [3.63, 3.8) is 0 Å². The number of nitrogens with one attached hydrogen (secondary N) is 4. The van der Waals surface area contributed by atoms with Gasteiger partial charge in [-0.1, -0.05) is 6.07 Å². The third-order valence-corrected chi connectivity index (χ3v) is 7.32. The minimum atomic E-state index is -4.70. The quantitative estimate of drug-likeness (QED) is 0.422. The molecule has 3 heterocycles. The molecule has 0 spiro atoms. The highest BCUT2D eigenvalue weighted by atomic mass is 19.4. The Morgan fingerprint density at radius 1 is 1.22 bits per heavy atom. The van der Waals surface area contributed by atoms with Crippen molar-refractivity contribution in [1.29, 1.82) is 0 Å². The number of halogens is 4. The summed E-state index contributed by atoms with van der Waals surface area (Å²) in [7, 11) is 1.67. The third kappa shape index (κ3) is 6.95. The van der Waals surface area contributed by atoms with Crippen LogP contribution in [0.2, 0.25) is 0 Å². The number of methoxy groups -OCH3 is 1. The molecule has 200 valence electrons. The van der Waals surface area contributed by atoms with Crippen LogP contribution in [-0.4, -0.2) is 63.2 Å². The summed E-state index contributed by atoms with van der Waals surface area (Å²) < 4.78 is 60.4. The first kappa shape index (κ1) is 26.8. The second-order valence-electron chi connectivity index (χ2n) is 9.93. The first-order valence-electron chi connectivity index (χ1n) is 12.7. The molecule has 2 fully saturated rings. The van der Waals surface area contributed by atoms with Crippen molar-refractivity contribution in [1.82, 2.24) is 21.3 Å². The van der Waals surface area contributed by atoms with Crippen LogP contribution in [-0.2, 0) is 15.7 Å². The minimum Gasteiger partial charge on any atom is -0.381 e. The van der Waals surface area contributed by atoms with Gasteiger partial charge < -0.3 is 20.7 Å². The molecule has 0 aromatic heterocycles. The van der Waals surface area contributed by atoms with Crippen molar-refractivity contribution < 1.29 is 27.1 Å². The molecule has 0 bridgehead atoms. The van der Waals surface area contributed by atoms with E-state index in [2.05, 4.69) is 26.3 Å². The maximum atomic E-state index is 13.8. The Hall–Kier alpha value is -2.24. The van der Waals surface area contributed by atoms with Gasteiger partial charge in [0.25, 0.3) is 0 Å². The molecule has 3 aliphatic heterocycles. The first-order chi connectivity index (χ1) is 17.2. The molecule has 2 saturated heterocycles. The number of rotatable bonds is 7. The van der Waals surface area contributed by atoms with Crippen molar-refractivity contribution in [3.8, 4) is 0 Å². The SMILES string of the molecule is COC1CCNC(CNC(=O)C2CC(CNC3=NCCC3)CC(c3ccc(F)cc3C(F)(F)F)N2)C1. The summed E-state index contributed by atoms with van der Waals surface area (Å²) in [6.45, 7) is 2.49. The zero-order valence-electron chi connectivity index (χ0n) is 20.5. The Kier molecular flexibility index (Phi) is 8.84. The van der Waals surface area contributed by atoms with E-state index >= 15 is 0 Å². The summed E-state index contributed by atoms with van der Waals surface area (Å²) in [5.41, 5.74) is -1.05. The van der Waals surface area contributed by atoms with Crippen LogP contribution in [0.1, 0.15) is 55.7 Å². The van der Waals surface area contributed by atoms with Crippen LogP contribution in [0.25, 0.3) is 0 Å². The predicted molar refractivity (Wildman–Crippen MR) is 128 cm³/mol. The summed E-state index contributed by atoms with van der Waals surface area (Å²) in [5, 5.41) is 12.8. The average molecular weight is 514 g/mol. The molecule has 0 radical (unpaired) electrons. The van der Waals surface area contributed by atoms with Crippen LogP contribution < -0.4 is 21.3 Å². The number of nitrogens with zero attached hydrogens (tertiary/aromatic N) is 1. The lowest BCUT2D eigenvalue weighted by Crippen LogP contribution is -2.54. The van der Waals surface area contributed by atoms with Crippen LogP contribution in [0.15, 0.2) is 23.2 Å². The van der Waals surface area contributed by atoms with Gasteiger partial charge in [-0.15, -0.1) is 0 Å². The number of carbonyl (C=O) groups excluding carboxylic acids is 1. The molecular formula is C25H35F4N5O2. The summed E-state index contributed by atoms with van der Waals surface area (Å²) in [4.78, 5) is 17.6. The number of carbonyl (C=O) groups is 1. The summed E-state index contributed by atoms with van der Waals surface area (Å²) in [5.74, 6) is -0.352. The molecule has 5 atom stereocenters. The van der Waals surface area contributed by atoms with Crippen LogP contribution in [0.3, 0.4) is 0 Å². The summed E-state index contributed by atoms with van der Waals surface area (Å²) in [6.07, 6.45) is -0.188. The van der Waals surface area contributed by atoms with Crippen molar-refractivity contribution in [2.75, 3.05) is 33.3 Å². The number of hydrogen-bond acceptors (Lipinski definition) is 6. The van der Waals surface area contributed by atoms with Crippen LogP contribution in [0, 0.1) is 11.7 Å². The highest BCUT2D eigenvalue weighted by Crippen LogP contribution is 2.39. The number of alkyl halides is 3. The molecule has 0 saturated carbocycles. The lowest BCUT2D eigenvalue weighted by molar-refractivity contribution is -0.138. The van der Waals surface area contributed by atoms with Gasteiger partial charge in [-0.05, 0) is 62.3 Å². The Morgan fingerprint density at radius 2 is 2.06 bits per heavy atom. The maximum absolute atomic E-state index is 13.8. The third-order valence-electron chi connectivity index (χ3n) is 7.32. The molecule has 11 heteroatoms. The van der Waals surface area contributed by atoms with Gasteiger partial charge in [0.1, 0.15) is 5.82 Å². The molecule has 0 aliphatic carbocycles.